The van der Waals surface area contributed by atoms with E-state index in [0.717, 1.165) is 26.3 Å². The summed E-state index contributed by atoms with van der Waals surface area (Å²) < 4.78 is 29.5. The van der Waals surface area contributed by atoms with Gasteiger partial charge in [-0.2, -0.15) is 0 Å². The van der Waals surface area contributed by atoms with Crippen LogP contribution in [0.4, 0.5) is 5.69 Å². The number of halogens is 2. The van der Waals surface area contributed by atoms with Gasteiger partial charge in [0.25, 0.3) is 10.0 Å². The standard InChI is InChI=1S/C29H33BrClN3O4S/c1-5-21(3)32-29(36)22(4)33(18-23-7-6-8-25(31)17-23)28(35)19-34(26-13-11-24(30)12-14-26)39(37,38)27-15-9-20(2)10-16-27/h6-17,21-22H,5,18-19H2,1-4H3,(H,32,36)/t21-,22+/m0/s1. The van der Waals surface area contributed by atoms with Gasteiger partial charge in [-0.3, -0.25) is 13.9 Å². The normalized spacial score (nSPS) is 12.9. The zero-order valence-electron chi connectivity index (χ0n) is 22.4. The van der Waals surface area contributed by atoms with Crippen LogP contribution >= 0.6 is 27.5 Å². The number of nitrogens with zero attached hydrogens (tertiary/aromatic N) is 2. The summed E-state index contributed by atoms with van der Waals surface area (Å²) in [6, 6.07) is 19.2. The summed E-state index contributed by atoms with van der Waals surface area (Å²) >= 11 is 9.56. The smallest absolute Gasteiger partial charge is 0.264 e. The van der Waals surface area contributed by atoms with Crippen LogP contribution < -0.4 is 9.62 Å². The highest BCUT2D eigenvalue weighted by molar-refractivity contribution is 9.10. The van der Waals surface area contributed by atoms with Crippen molar-refractivity contribution in [1.29, 1.82) is 0 Å². The van der Waals surface area contributed by atoms with E-state index in [-0.39, 0.29) is 23.4 Å². The molecule has 0 aliphatic rings. The van der Waals surface area contributed by atoms with E-state index in [4.69, 9.17) is 11.6 Å². The molecule has 0 saturated carbocycles. The molecule has 0 aliphatic carbocycles. The molecular weight excluding hydrogens is 602 g/mol. The van der Waals surface area contributed by atoms with Gasteiger partial charge in [0.15, 0.2) is 0 Å². The monoisotopic (exact) mass is 633 g/mol. The van der Waals surface area contributed by atoms with E-state index >= 15 is 0 Å². The highest BCUT2D eigenvalue weighted by Gasteiger charge is 2.32. The second kappa shape index (κ2) is 13.5. The first-order valence-electron chi connectivity index (χ1n) is 12.6. The largest absolute Gasteiger partial charge is 0.352 e. The molecule has 10 heteroatoms. The molecule has 0 saturated heterocycles. The molecule has 3 aromatic carbocycles. The first kappa shape index (κ1) is 30.7. The van der Waals surface area contributed by atoms with Crippen LogP contribution in [-0.4, -0.2) is 43.8 Å². The molecule has 0 heterocycles. The molecule has 0 aliphatic heterocycles. The molecule has 39 heavy (non-hydrogen) atoms. The van der Waals surface area contributed by atoms with Crippen molar-refractivity contribution in [2.75, 3.05) is 10.8 Å². The summed E-state index contributed by atoms with van der Waals surface area (Å²) in [5.74, 6) is -0.850. The Labute approximate surface area is 244 Å². The van der Waals surface area contributed by atoms with Gasteiger partial charge >= 0.3 is 0 Å². The van der Waals surface area contributed by atoms with Gasteiger partial charge in [-0.1, -0.05) is 64.3 Å². The SMILES string of the molecule is CC[C@H](C)NC(=O)[C@@H](C)N(Cc1cccc(Cl)c1)C(=O)CN(c1ccc(Br)cc1)S(=O)(=O)c1ccc(C)cc1. The molecule has 0 unspecified atom stereocenters. The van der Waals surface area contributed by atoms with Crippen molar-refractivity contribution < 1.29 is 18.0 Å². The maximum absolute atomic E-state index is 13.9. The number of amides is 2. The van der Waals surface area contributed by atoms with Crippen molar-refractivity contribution >= 4 is 55.1 Å². The Morgan fingerprint density at radius 3 is 2.23 bits per heavy atom. The van der Waals surface area contributed by atoms with Crippen LogP contribution in [0.5, 0.6) is 0 Å². The Morgan fingerprint density at radius 2 is 1.64 bits per heavy atom. The maximum atomic E-state index is 13.9. The van der Waals surface area contributed by atoms with Crippen molar-refractivity contribution in [3.05, 3.63) is 93.4 Å². The van der Waals surface area contributed by atoms with Crippen molar-refractivity contribution in [2.24, 2.45) is 0 Å². The van der Waals surface area contributed by atoms with Gasteiger partial charge in [0, 0.05) is 22.1 Å². The fourth-order valence-corrected chi connectivity index (χ4v) is 5.75. The summed E-state index contributed by atoms with van der Waals surface area (Å²) in [6.45, 7) is 6.92. The molecule has 0 fully saturated rings. The summed E-state index contributed by atoms with van der Waals surface area (Å²) in [5, 5.41) is 3.41. The Bertz CT molecular complexity index is 1400. The molecule has 3 rings (SSSR count). The van der Waals surface area contributed by atoms with Gasteiger partial charge in [0.2, 0.25) is 11.8 Å². The average Bonchev–Trinajstić information content (AvgIpc) is 2.90. The van der Waals surface area contributed by atoms with Crippen LogP contribution in [0, 0.1) is 6.92 Å². The third-order valence-corrected chi connectivity index (χ3v) is 8.96. The second-order valence-corrected chi connectivity index (χ2v) is 12.7. The lowest BCUT2D eigenvalue weighted by Crippen LogP contribution is -2.52. The third kappa shape index (κ3) is 8.06. The molecule has 1 N–H and O–H groups in total. The lowest BCUT2D eigenvalue weighted by atomic mass is 10.1. The van der Waals surface area contributed by atoms with Crippen LogP contribution in [-0.2, 0) is 26.2 Å². The van der Waals surface area contributed by atoms with Gasteiger partial charge in [0.1, 0.15) is 12.6 Å². The van der Waals surface area contributed by atoms with Gasteiger partial charge in [-0.05, 0) is 81.3 Å². The van der Waals surface area contributed by atoms with Gasteiger partial charge in [-0.25, -0.2) is 8.42 Å². The summed E-state index contributed by atoms with van der Waals surface area (Å²) in [5.41, 5.74) is 1.95. The number of aryl methyl sites for hydroxylation is 1. The van der Waals surface area contributed by atoms with Gasteiger partial charge in [0.05, 0.1) is 10.6 Å². The van der Waals surface area contributed by atoms with Crippen LogP contribution in [0.2, 0.25) is 5.02 Å². The van der Waals surface area contributed by atoms with Crippen LogP contribution in [0.25, 0.3) is 0 Å². The molecular formula is C29H33BrClN3O4S. The summed E-state index contributed by atoms with van der Waals surface area (Å²) in [4.78, 5) is 28.5. The number of benzene rings is 3. The molecule has 208 valence electrons. The maximum Gasteiger partial charge on any atom is 0.264 e. The third-order valence-electron chi connectivity index (χ3n) is 6.41. The number of anilines is 1. The molecule has 0 spiro atoms. The highest BCUT2D eigenvalue weighted by Crippen LogP contribution is 2.26. The van der Waals surface area contributed by atoms with E-state index in [1.54, 1.807) is 67.6 Å². The number of nitrogens with one attached hydrogen (secondary N) is 1. The van der Waals surface area contributed by atoms with Crippen LogP contribution in [0.1, 0.15) is 38.3 Å². The Kier molecular flexibility index (Phi) is 10.6. The minimum absolute atomic E-state index is 0.0628. The van der Waals surface area contributed by atoms with Crippen LogP contribution in [0.3, 0.4) is 0 Å². The number of sulfonamides is 1. The quantitative estimate of drug-likeness (QED) is 0.283. The molecule has 0 radical (unpaired) electrons. The molecule has 0 bridgehead atoms. The number of carbonyl (C=O) groups excluding carboxylic acids is 2. The van der Waals surface area contributed by atoms with Gasteiger partial charge in [-0.15, -0.1) is 0 Å². The number of hydrogen-bond acceptors (Lipinski definition) is 4. The fourth-order valence-electron chi connectivity index (χ4n) is 3.85. The number of rotatable bonds is 11. The highest BCUT2D eigenvalue weighted by atomic mass is 79.9. The Hall–Kier alpha value is -2.88. The zero-order chi connectivity index (χ0) is 28.7. The number of carbonyl (C=O) groups is 2. The molecule has 3 aromatic rings. The first-order valence-corrected chi connectivity index (χ1v) is 15.2. The molecule has 0 aromatic heterocycles. The first-order chi connectivity index (χ1) is 18.4. The zero-order valence-corrected chi connectivity index (χ0v) is 25.6. The minimum Gasteiger partial charge on any atom is -0.352 e. The Morgan fingerprint density at radius 1 is 1.00 bits per heavy atom. The predicted molar refractivity (Wildman–Crippen MR) is 159 cm³/mol. The topological polar surface area (TPSA) is 86.8 Å². The average molecular weight is 635 g/mol. The van der Waals surface area contributed by atoms with E-state index in [0.29, 0.717) is 10.7 Å². The van der Waals surface area contributed by atoms with Crippen molar-refractivity contribution in [3.63, 3.8) is 0 Å². The van der Waals surface area contributed by atoms with Crippen LogP contribution in [0.15, 0.2) is 82.2 Å². The Balaban J connectivity index is 2.02. The lowest BCUT2D eigenvalue weighted by Gasteiger charge is -2.32. The van der Waals surface area contributed by atoms with E-state index in [1.165, 1.54) is 17.0 Å². The second-order valence-electron chi connectivity index (χ2n) is 9.45. The number of hydrogen-bond donors (Lipinski definition) is 1. The van der Waals surface area contributed by atoms with E-state index in [2.05, 4.69) is 21.2 Å². The van der Waals surface area contributed by atoms with Crippen molar-refractivity contribution in [1.82, 2.24) is 10.2 Å². The fraction of sp³-hybridized carbons (Fsp3) is 0.310. The molecule has 2 amide bonds. The summed E-state index contributed by atoms with van der Waals surface area (Å²) in [6.07, 6.45) is 0.729. The molecule has 7 nitrogen and oxygen atoms in total. The van der Waals surface area contributed by atoms with Crippen molar-refractivity contribution in [3.8, 4) is 0 Å². The van der Waals surface area contributed by atoms with E-state index < -0.39 is 28.5 Å². The van der Waals surface area contributed by atoms with Gasteiger partial charge < -0.3 is 10.2 Å². The van der Waals surface area contributed by atoms with E-state index in [1.807, 2.05) is 20.8 Å². The minimum atomic E-state index is -4.11. The molecule has 2 atom stereocenters. The van der Waals surface area contributed by atoms with E-state index in [9.17, 15) is 18.0 Å². The lowest BCUT2D eigenvalue weighted by molar-refractivity contribution is -0.139. The summed E-state index contributed by atoms with van der Waals surface area (Å²) in [7, 11) is -4.11. The van der Waals surface area contributed by atoms with Crippen molar-refractivity contribution in [2.45, 2.75) is 57.6 Å². The predicted octanol–water partition coefficient (Wildman–Crippen LogP) is 5.94.